The molecule has 7 rings (SSSR count). The van der Waals surface area contributed by atoms with Gasteiger partial charge in [-0.2, -0.15) is 23.4 Å². The van der Waals surface area contributed by atoms with Crippen molar-refractivity contribution in [3.05, 3.63) is 35.9 Å². The molecule has 1 amide bonds. The largest absolute Gasteiger partial charge is 0.441 e. The minimum absolute atomic E-state index is 0.0826. The smallest absolute Gasteiger partial charge is 0.435 e. The van der Waals surface area contributed by atoms with Crippen LogP contribution in [0, 0.1) is 5.92 Å². The normalized spacial score (nSPS) is 30.0. The van der Waals surface area contributed by atoms with Crippen molar-refractivity contribution >= 4 is 23.2 Å². The van der Waals surface area contributed by atoms with Gasteiger partial charge in [-0.3, -0.25) is 5.10 Å². The Labute approximate surface area is 189 Å². The van der Waals surface area contributed by atoms with E-state index in [0.29, 0.717) is 5.92 Å². The van der Waals surface area contributed by atoms with Gasteiger partial charge in [-0.1, -0.05) is 0 Å². The van der Waals surface area contributed by atoms with Crippen LogP contribution in [0.15, 0.2) is 24.5 Å². The summed E-state index contributed by atoms with van der Waals surface area (Å²) in [6, 6.07) is 2.31. The molecule has 3 N–H and O–H groups in total. The Morgan fingerprint density at radius 1 is 1.29 bits per heavy atom. The van der Waals surface area contributed by atoms with E-state index in [0.717, 1.165) is 29.8 Å². The summed E-state index contributed by atoms with van der Waals surface area (Å²) in [6.45, 7) is -0.117. The number of hydrogen-bond donors (Lipinski definition) is 3. The molecule has 10 nitrogen and oxygen atoms in total. The highest BCUT2D eigenvalue weighted by atomic mass is 19.4. The molecule has 3 saturated carbocycles. The fourth-order valence-electron chi connectivity index (χ4n) is 4.78. The van der Waals surface area contributed by atoms with Gasteiger partial charge in [-0.15, -0.1) is 0 Å². The van der Waals surface area contributed by atoms with Crippen molar-refractivity contribution < 1.29 is 31.8 Å². The van der Waals surface area contributed by atoms with Gasteiger partial charge in [-0.05, 0) is 25.2 Å². The maximum atomic E-state index is 15.0. The number of carbonyl (C=O) groups is 1. The van der Waals surface area contributed by atoms with Crippen LogP contribution in [0.1, 0.15) is 36.8 Å². The van der Waals surface area contributed by atoms with E-state index < -0.39 is 36.3 Å². The van der Waals surface area contributed by atoms with E-state index in [1.807, 2.05) is 0 Å². The van der Waals surface area contributed by atoms with Crippen LogP contribution in [0.25, 0.3) is 5.52 Å². The first-order chi connectivity index (χ1) is 16.2. The molecule has 14 heteroatoms. The molecule has 1 aliphatic heterocycles. The zero-order chi connectivity index (χ0) is 23.7. The van der Waals surface area contributed by atoms with Gasteiger partial charge in [0.15, 0.2) is 29.6 Å². The number of nitrogens with one attached hydrogen (secondary N) is 3. The highest BCUT2D eigenvalue weighted by molar-refractivity contribution is 5.72. The lowest BCUT2D eigenvalue weighted by Gasteiger charge is -2.61. The van der Waals surface area contributed by atoms with E-state index in [1.54, 1.807) is 0 Å². The highest BCUT2D eigenvalue weighted by Gasteiger charge is 2.58. The third-order valence-electron chi connectivity index (χ3n) is 6.58. The van der Waals surface area contributed by atoms with Crippen molar-refractivity contribution in [1.29, 1.82) is 0 Å². The number of alkyl halides is 4. The topological polar surface area (TPSA) is 118 Å². The van der Waals surface area contributed by atoms with Crippen LogP contribution in [-0.2, 0) is 15.7 Å². The monoisotopic (exact) mass is 481 g/mol. The quantitative estimate of drug-likeness (QED) is 0.479. The number of nitrogens with zero attached hydrogens (tertiary/aromatic N) is 4. The predicted octanol–water partition coefficient (Wildman–Crippen LogP) is 3.27. The van der Waals surface area contributed by atoms with Crippen molar-refractivity contribution in [1.82, 2.24) is 30.1 Å². The molecule has 2 bridgehead atoms. The van der Waals surface area contributed by atoms with Crippen molar-refractivity contribution in [3.8, 4) is 0 Å². The summed E-state index contributed by atoms with van der Waals surface area (Å²) in [4.78, 5) is 16.2. The number of rotatable bonds is 5. The molecule has 0 aromatic carbocycles. The highest BCUT2D eigenvalue weighted by Crippen LogP contribution is 2.57. The SMILES string of the molecule is O=C(NC12CC(C1)C2)O[C@H]1CO[C@@H](c2cc(Nc3nccn4nc(C(F)(F)F)cc34)n[nH]2)[C@H]1F. The molecule has 3 aliphatic carbocycles. The second-order valence-corrected chi connectivity index (χ2v) is 8.99. The minimum Gasteiger partial charge on any atom is -0.441 e. The van der Waals surface area contributed by atoms with E-state index in [4.69, 9.17) is 9.47 Å². The molecule has 0 radical (unpaired) electrons. The van der Waals surface area contributed by atoms with Crippen molar-refractivity contribution in [2.45, 2.75) is 49.4 Å². The van der Waals surface area contributed by atoms with Crippen LogP contribution in [0.3, 0.4) is 0 Å². The maximum absolute atomic E-state index is 15.0. The Hall–Kier alpha value is -3.42. The fourth-order valence-corrected chi connectivity index (χ4v) is 4.78. The Balaban J connectivity index is 1.12. The average molecular weight is 481 g/mol. The lowest BCUT2D eigenvalue weighted by Crippen LogP contribution is -2.68. The lowest BCUT2D eigenvalue weighted by atomic mass is 9.50. The van der Waals surface area contributed by atoms with E-state index in [2.05, 4.69) is 30.9 Å². The number of aromatic amines is 1. The van der Waals surface area contributed by atoms with Crippen LogP contribution < -0.4 is 10.6 Å². The molecule has 3 aromatic rings. The number of carbonyl (C=O) groups excluding carboxylic acids is 1. The van der Waals surface area contributed by atoms with E-state index >= 15 is 0 Å². The zero-order valence-corrected chi connectivity index (χ0v) is 17.5. The number of halogens is 4. The van der Waals surface area contributed by atoms with E-state index in [1.165, 1.54) is 18.5 Å². The summed E-state index contributed by atoms with van der Waals surface area (Å²) >= 11 is 0. The molecule has 3 atom stereocenters. The number of ether oxygens (including phenoxy) is 2. The maximum Gasteiger partial charge on any atom is 0.435 e. The number of fused-ring (bicyclic) bond motifs is 1. The van der Waals surface area contributed by atoms with Gasteiger partial charge < -0.3 is 20.1 Å². The molecular formula is C20H19F4N7O3. The Bertz CT molecular complexity index is 1240. The summed E-state index contributed by atoms with van der Waals surface area (Å²) in [5, 5.41) is 15.8. The summed E-state index contributed by atoms with van der Waals surface area (Å²) in [7, 11) is 0. The fraction of sp³-hybridized carbons (Fsp3) is 0.500. The first kappa shape index (κ1) is 21.1. The predicted molar refractivity (Wildman–Crippen MR) is 107 cm³/mol. The second-order valence-electron chi connectivity index (χ2n) is 8.99. The van der Waals surface area contributed by atoms with Gasteiger partial charge >= 0.3 is 12.3 Å². The summed E-state index contributed by atoms with van der Waals surface area (Å²) < 4.78 is 65.7. The van der Waals surface area contributed by atoms with Crippen LogP contribution in [-0.4, -0.2) is 55.3 Å². The Morgan fingerprint density at radius 3 is 2.79 bits per heavy atom. The molecular weight excluding hydrogens is 462 g/mol. The number of anilines is 2. The molecule has 180 valence electrons. The van der Waals surface area contributed by atoms with Crippen LogP contribution >= 0.6 is 0 Å². The molecule has 3 aromatic heterocycles. The third kappa shape index (κ3) is 3.52. The zero-order valence-electron chi connectivity index (χ0n) is 17.5. The van der Waals surface area contributed by atoms with Gasteiger partial charge in [0.2, 0.25) is 0 Å². The number of amides is 1. The summed E-state index contributed by atoms with van der Waals surface area (Å²) in [6.07, 6.45) is -3.61. The van der Waals surface area contributed by atoms with Gasteiger partial charge in [0.05, 0.1) is 12.3 Å². The summed E-state index contributed by atoms with van der Waals surface area (Å²) in [5.41, 5.74) is -0.876. The van der Waals surface area contributed by atoms with Crippen molar-refractivity contribution in [2.75, 3.05) is 11.9 Å². The molecule has 34 heavy (non-hydrogen) atoms. The number of hydrogen-bond acceptors (Lipinski definition) is 7. The van der Waals surface area contributed by atoms with Crippen LogP contribution in [0.4, 0.5) is 34.0 Å². The number of H-pyrrole nitrogens is 1. The molecule has 1 saturated heterocycles. The van der Waals surface area contributed by atoms with Crippen molar-refractivity contribution in [3.63, 3.8) is 0 Å². The van der Waals surface area contributed by atoms with E-state index in [-0.39, 0.29) is 35.0 Å². The Morgan fingerprint density at radius 2 is 2.09 bits per heavy atom. The minimum atomic E-state index is -4.61. The van der Waals surface area contributed by atoms with Crippen molar-refractivity contribution in [2.24, 2.45) is 5.92 Å². The van der Waals surface area contributed by atoms with Gasteiger partial charge in [0.1, 0.15) is 11.6 Å². The lowest BCUT2D eigenvalue weighted by molar-refractivity contribution is -0.141. The average Bonchev–Trinajstić information content (AvgIpc) is 3.43. The number of aromatic nitrogens is 5. The summed E-state index contributed by atoms with van der Waals surface area (Å²) in [5.74, 6) is 0.950. The molecule has 0 spiro atoms. The molecule has 0 unspecified atom stereocenters. The van der Waals surface area contributed by atoms with Gasteiger partial charge in [0, 0.05) is 30.1 Å². The third-order valence-corrected chi connectivity index (χ3v) is 6.58. The first-order valence-electron chi connectivity index (χ1n) is 10.7. The second kappa shape index (κ2) is 7.29. The van der Waals surface area contributed by atoms with Gasteiger partial charge in [0.25, 0.3) is 0 Å². The molecule has 4 fully saturated rings. The molecule has 4 aliphatic rings. The van der Waals surface area contributed by atoms with Gasteiger partial charge in [-0.25, -0.2) is 18.7 Å². The standard InChI is InChI=1S/C20H19F4N7O3/c21-15-12(34-18(32)27-19-5-9(6-19)7-19)8-33-16(15)10-3-14(29-28-10)26-17-11-4-13(20(22,23)24)30-31(11)2-1-25-17/h1-4,9,12,15-16H,5-8H2,(H,27,32)(H2,25,26,28,29)/t9?,12-,15-,16-,19?/m0/s1. The van der Waals surface area contributed by atoms with Crippen LogP contribution in [0.2, 0.25) is 0 Å². The molecule has 4 heterocycles. The van der Waals surface area contributed by atoms with E-state index in [9.17, 15) is 22.4 Å². The van der Waals surface area contributed by atoms with Crippen LogP contribution in [0.5, 0.6) is 0 Å². The first-order valence-corrected chi connectivity index (χ1v) is 10.7. The number of alkyl carbamates (subject to hydrolysis) is 1. The Kier molecular flexibility index (Phi) is 4.53.